The monoisotopic (exact) mass is 286 g/mol. The van der Waals surface area contributed by atoms with E-state index >= 15 is 0 Å². The SMILES string of the molecule is CCOC(=O)c1cnc(NCc2cnccc2C)nc1C. The number of nitrogens with one attached hydrogen (secondary N) is 1. The van der Waals surface area contributed by atoms with Crippen molar-refractivity contribution in [2.45, 2.75) is 27.3 Å². The van der Waals surface area contributed by atoms with Crippen LogP contribution in [-0.4, -0.2) is 27.5 Å². The van der Waals surface area contributed by atoms with Crippen LogP contribution in [0.3, 0.4) is 0 Å². The predicted molar refractivity (Wildman–Crippen MR) is 79.0 cm³/mol. The molecule has 0 radical (unpaired) electrons. The van der Waals surface area contributed by atoms with Gasteiger partial charge in [0.2, 0.25) is 5.95 Å². The number of pyridine rings is 1. The van der Waals surface area contributed by atoms with E-state index in [1.54, 1.807) is 20.0 Å². The zero-order chi connectivity index (χ0) is 15.2. The van der Waals surface area contributed by atoms with Gasteiger partial charge in [0.05, 0.1) is 17.9 Å². The first-order valence-electron chi connectivity index (χ1n) is 6.76. The molecule has 2 aromatic rings. The number of hydrogen-bond donors (Lipinski definition) is 1. The fourth-order valence-corrected chi connectivity index (χ4v) is 1.82. The van der Waals surface area contributed by atoms with Crippen LogP contribution in [-0.2, 0) is 11.3 Å². The molecule has 0 bridgehead atoms. The molecule has 0 aromatic carbocycles. The van der Waals surface area contributed by atoms with Gasteiger partial charge in [-0.05, 0) is 38.0 Å². The quantitative estimate of drug-likeness (QED) is 0.850. The van der Waals surface area contributed by atoms with E-state index in [1.165, 1.54) is 6.20 Å². The number of carbonyl (C=O) groups excluding carboxylic acids is 1. The lowest BCUT2D eigenvalue weighted by Gasteiger charge is -2.09. The molecule has 0 saturated carbocycles. The highest BCUT2D eigenvalue weighted by Crippen LogP contribution is 2.11. The molecule has 110 valence electrons. The number of anilines is 1. The van der Waals surface area contributed by atoms with E-state index in [9.17, 15) is 4.79 Å². The maximum Gasteiger partial charge on any atom is 0.341 e. The topological polar surface area (TPSA) is 77.0 Å². The Hall–Kier alpha value is -2.50. The summed E-state index contributed by atoms with van der Waals surface area (Å²) >= 11 is 0. The molecule has 0 aliphatic heterocycles. The molecule has 2 rings (SSSR count). The smallest absolute Gasteiger partial charge is 0.341 e. The summed E-state index contributed by atoms with van der Waals surface area (Å²) in [6, 6.07) is 1.95. The van der Waals surface area contributed by atoms with Gasteiger partial charge in [-0.2, -0.15) is 0 Å². The van der Waals surface area contributed by atoms with Gasteiger partial charge in [0.25, 0.3) is 0 Å². The van der Waals surface area contributed by atoms with E-state index < -0.39 is 5.97 Å². The molecule has 1 N–H and O–H groups in total. The van der Waals surface area contributed by atoms with Gasteiger partial charge in [-0.1, -0.05) is 0 Å². The van der Waals surface area contributed by atoms with Crippen molar-refractivity contribution in [1.29, 1.82) is 0 Å². The fourth-order valence-electron chi connectivity index (χ4n) is 1.82. The standard InChI is InChI=1S/C15H18N4O2/c1-4-21-14(20)13-9-18-15(19-11(13)3)17-8-12-7-16-6-5-10(12)2/h5-7,9H,4,8H2,1-3H3,(H,17,18,19). The van der Waals surface area contributed by atoms with Crippen LogP contribution < -0.4 is 5.32 Å². The van der Waals surface area contributed by atoms with Gasteiger partial charge >= 0.3 is 5.97 Å². The first-order valence-corrected chi connectivity index (χ1v) is 6.76. The fraction of sp³-hybridized carbons (Fsp3) is 0.333. The molecule has 0 saturated heterocycles. The minimum Gasteiger partial charge on any atom is -0.462 e. The van der Waals surface area contributed by atoms with E-state index in [2.05, 4.69) is 20.3 Å². The zero-order valence-electron chi connectivity index (χ0n) is 12.4. The number of aromatic nitrogens is 3. The number of aryl methyl sites for hydroxylation is 2. The lowest BCUT2D eigenvalue weighted by atomic mass is 10.2. The van der Waals surface area contributed by atoms with Crippen molar-refractivity contribution in [3.8, 4) is 0 Å². The second-order valence-electron chi connectivity index (χ2n) is 4.57. The lowest BCUT2D eigenvalue weighted by molar-refractivity contribution is 0.0524. The van der Waals surface area contributed by atoms with Crippen LogP contribution in [0.2, 0.25) is 0 Å². The van der Waals surface area contributed by atoms with E-state index in [0.29, 0.717) is 30.4 Å². The summed E-state index contributed by atoms with van der Waals surface area (Å²) in [5, 5.41) is 3.13. The minimum atomic E-state index is -0.398. The number of carbonyl (C=O) groups is 1. The highest BCUT2D eigenvalue weighted by Gasteiger charge is 2.12. The maximum atomic E-state index is 11.7. The van der Waals surface area contributed by atoms with Crippen molar-refractivity contribution >= 4 is 11.9 Å². The van der Waals surface area contributed by atoms with Crippen LogP contribution in [0.25, 0.3) is 0 Å². The third-order valence-electron chi connectivity index (χ3n) is 3.06. The summed E-state index contributed by atoms with van der Waals surface area (Å²) in [7, 11) is 0. The first-order chi connectivity index (χ1) is 10.1. The van der Waals surface area contributed by atoms with Crippen molar-refractivity contribution in [2.75, 3.05) is 11.9 Å². The molecule has 0 spiro atoms. The Morgan fingerprint density at radius 3 is 2.81 bits per heavy atom. The molecule has 0 aliphatic rings. The second-order valence-corrected chi connectivity index (χ2v) is 4.57. The average Bonchev–Trinajstić information content (AvgIpc) is 2.46. The molecule has 0 unspecified atom stereocenters. The molecule has 0 amide bonds. The Morgan fingerprint density at radius 2 is 2.14 bits per heavy atom. The third kappa shape index (κ3) is 3.75. The van der Waals surface area contributed by atoms with E-state index in [0.717, 1.165) is 11.1 Å². The molecule has 0 fully saturated rings. The summed E-state index contributed by atoms with van der Waals surface area (Å²) in [6.45, 7) is 6.46. The highest BCUT2D eigenvalue weighted by atomic mass is 16.5. The molecule has 0 atom stereocenters. The molecule has 6 heteroatoms. The van der Waals surface area contributed by atoms with Gasteiger partial charge in [0.15, 0.2) is 0 Å². The molecule has 2 aromatic heterocycles. The van der Waals surface area contributed by atoms with Crippen molar-refractivity contribution < 1.29 is 9.53 Å². The lowest BCUT2D eigenvalue weighted by Crippen LogP contribution is -2.11. The summed E-state index contributed by atoms with van der Waals surface area (Å²) in [4.78, 5) is 24.2. The van der Waals surface area contributed by atoms with E-state index in [4.69, 9.17) is 4.74 Å². The van der Waals surface area contributed by atoms with Gasteiger partial charge in [-0.25, -0.2) is 14.8 Å². The normalized spacial score (nSPS) is 10.2. The van der Waals surface area contributed by atoms with Crippen LogP contribution in [0.15, 0.2) is 24.7 Å². The van der Waals surface area contributed by atoms with E-state index in [-0.39, 0.29) is 0 Å². The maximum absolute atomic E-state index is 11.7. The number of ether oxygens (including phenoxy) is 1. The zero-order valence-corrected chi connectivity index (χ0v) is 12.4. The van der Waals surface area contributed by atoms with Gasteiger partial charge in [0, 0.05) is 25.1 Å². The highest BCUT2D eigenvalue weighted by molar-refractivity contribution is 5.90. The summed E-state index contributed by atoms with van der Waals surface area (Å²) in [5.41, 5.74) is 3.21. The largest absolute Gasteiger partial charge is 0.462 e. The molecule has 6 nitrogen and oxygen atoms in total. The Kier molecular flexibility index (Phi) is 4.81. The van der Waals surface area contributed by atoms with Gasteiger partial charge < -0.3 is 10.1 Å². The Balaban J connectivity index is 2.07. The number of hydrogen-bond acceptors (Lipinski definition) is 6. The molecule has 0 aliphatic carbocycles. The number of nitrogens with zero attached hydrogens (tertiary/aromatic N) is 3. The van der Waals surface area contributed by atoms with E-state index in [1.807, 2.05) is 19.2 Å². The summed E-state index contributed by atoms with van der Waals surface area (Å²) in [5.74, 6) is 0.0773. The van der Waals surface area contributed by atoms with Crippen LogP contribution in [0, 0.1) is 13.8 Å². The first kappa shape index (κ1) is 14.9. The summed E-state index contributed by atoms with van der Waals surface area (Å²) < 4.78 is 4.95. The van der Waals surface area contributed by atoms with Gasteiger partial charge in [0.1, 0.15) is 0 Å². The van der Waals surface area contributed by atoms with Gasteiger partial charge in [-0.3, -0.25) is 4.98 Å². The molecular weight excluding hydrogens is 268 g/mol. The van der Waals surface area contributed by atoms with Crippen molar-refractivity contribution in [2.24, 2.45) is 0 Å². The third-order valence-corrected chi connectivity index (χ3v) is 3.06. The minimum absolute atomic E-state index is 0.332. The van der Waals surface area contributed by atoms with Crippen LogP contribution >= 0.6 is 0 Å². The Labute approximate surface area is 123 Å². The van der Waals surface area contributed by atoms with Crippen molar-refractivity contribution in [3.63, 3.8) is 0 Å². The Morgan fingerprint density at radius 1 is 1.33 bits per heavy atom. The summed E-state index contributed by atoms with van der Waals surface area (Å²) in [6.07, 6.45) is 5.05. The average molecular weight is 286 g/mol. The molecule has 21 heavy (non-hydrogen) atoms. The number of esters is 1. The van der Waals surface area contributed by atoms with Crippen LogP contribution in [0.1, 0.15) is 34.1 Å². The van der Waals surface area contributed by atoms with Crippen LogP contribution in [0.5, 0.6) is 0 Å². The van der Waals surface area contributed by atoms with Crippen molar-refractivity contribution in [3.05, 3.63) is 47.0 Å². The second kappa shape index (κ2) is 6.78. The molecule has 2 heterocycles. The number of rotatable bonds is 5. The molecular formula is C15H18N4O2. The van der Waals surface area contributed by atoms with Crippen molar-refractivity contribution in [1.82, 2.24) is 15.0 Å². The van der Waals surface area contributed by atoms with Crippen LogP contribution in [0.4, 0.5) is 5.95 Å². The Bertz CT molecular complexity index is 643. The predicted octanol–water partition coefficient (Wildman–Crippen LogP) is 2.28. The van der Waals surface area contributed by atoms with Gasteiger partial charge in [-0.15, -0.1) is 0 Å².